The summed E-state index contributed by atoms with van der Waals surface area (Å²) in [4.78, 5) is 21.7. The van der Waals surface area contributed by atoms with Gasteiger partial charge in [-0.2, -0.15) is 5.10 Å². The molecule has 0 spiro atoms. The number of esters is 1. The molecule has 1 saturated carbocycles. The molecule has 3 N–H and O–H groups in total. The smallest absolute Gasteiger partial charge is 0.340 e. The van der Waals surface area contributed by atoms with E-state index in [1.807, 2.05) is 6.07 Å². The minimum atomic E-state index is -1.33. The molecule has 0 bridgehead atoms. The van der Waals surface area contributed by atoms with Crippen molar-refractivity contribution in [3.63, 3.8) is 0 Å². The number of rotatable bonds is 7. The molecule has 0 amide bonds. The van der Waals surface area contributed by atoms with Crippen molar-refractivity contribution in [2.24, 2.45) is 0 Å². The van der Waals surface area contributed by atoms with E-state index in [9.17, 15) is 9.90 Å². The molecule has 8 nitrogen and oxygen atoms in total. The maximum atomic E-state index is 11.7. The van der Waals surface area contributed by atoms with E-state index in [1.165, 1.54) is 24.2 Å². The van der Waals surface area contributed by atoms with Gasteiger partial charge >= 0.3 is 5.97 Å². The quantitative estimate of drug-likeness (QED) is 0.406. The molecule has 1 fully saturated rings. The van der Waals surface area contributed by atoms with E-state index >= 15 is 0 Å². The van der Waals surface area contributed by atoms with Crippen LogP contribution in [0.4, 0.5) is 11.6 Å². The number of H-pyrrole nitrogens is 1. The van der Waals surface area contributed by atoms with Crippen LogP contribution in [-0.4, -0.2) is 37.8 Å². The Morgan fingerprint density at radius 2 is 2.34 bits per heavy atom. The number of hydrogen-bond donors (Lipinski definition) is 3. The molecule has 1 aliphatic carbocycles. The molecule has 9 heteroatoms. The van der Waals surface area contributed by atoms with E-state index in [0.29, 0.717) is 38.7 Å². The van der Waals surface area contributed by atoms with Crippen LogP contribution in [0.1, 0.15) is 47.9 Å². The lowest BCUT2D eigenvalue weighted by molar-refractivity contribution is -0.153. The SMILES string of the molecule is C#Cc1cnc(-c2ccc(C(O)C(=O)OCC)s2)nc1Nc1cc(C2CC2)[nH]n1. The molecule has 29 heavy (non-hydrogen) atoms. The average molecular weight is 409 g/mol. The van der Waals surface area contributed by atoms with Crippen molar-refractivity contribution in [1.82, 2.24) is 20.2 Å². The van der Waals surface area contributed by atoms with Gasteiger partial charge < -0.3 is 15.2 Å². The number of thiophene rings is 1. The maximum Gasteiger partial charge on any atom is 0.340 e. The summed E-state index contributed by atoms with van der Waals surface area (Å²) in [5.74, 6) is 3.97. The summed E-state index contributed by atoms with van der Waals surface area (Å²) in [6.07, 6.45) is 8.15. The Morgan fingerprint density at radius 3 is 3.07 bits per heavy atom. The zero-order valence-corrected chi connectivity index (χ0v) is 16.5. The zero-order chi connectivity index (χ0) is 20.4. The Labute approximate surface area is 171 Å². The van der Waals surface area contributed by atoms with Gasteiger partial charge in [-0.05, 0) is 31.9 Å². The summed E-state index contributed by atoms with van der Waals surface area (Å²) >= 11 is 1.22. The van der Waals surface area contributed by atoms with Crippen LogP contribution >= 0.6 is 11.3 Å². The summed E-state index contributed by atoms with van der Waals surface area (Å²) < 4.78 is 4.86. The van der Waals surface area contributed by atoms with E-state index < -0.39 is 12.1 Å². The van der Waals surface area contributed by atoms with Gasteiger partial charge in [0.15, 0.2) is 23.6 Å². The van der Waals surface area contributed by atoms with E-state index in [4.69, 9.17) is 11.2 Å². The molecule has 0 radical (unpaired) electrons. The van der Waals surface area contributed by atoms with Gasteiger partial charge in [0.05, 0.1) is 17.0 Å². The summed E-state index contributed by atoms with van der Waals surface area (Å²) in [6.45, 7) is 1.89. The van der Waals surface area contributed by atoms with Crippen molar-refractivity contribution in [1.29, 1.82) is 0 Å². The third kappa shape index (κ3) is 4.13. The highest BCUT2D eigenvalue weighted by atomic mass is 32.1. The number of aromatic amines is 1. The number of nitrogens with one attached hydrogen (secondary N) is 2. The fraction of sp³-hybridized carbons (Fsp3) is 0.300. The third-order valence-electron chi connectivity index (χ3n) is 4.43. The van der Waals surface area contributed by atoms with Gasteiger partial charge in [0, 0.05) is 28.8 Å². The number of aliphatic hydroxyl groups excluding tert-OH is 1. The minimum absolute atomic E-state index is 0.204. The number of hydrogen-bond acceptors (Lipinski definition) is 8. The average Bonchev–Trinajstić information content (AvgIpc) is 3.27. The molecule has 1 unspecified atom stereocenters. The molecule has 148 valence electrons. The molecule has 1 atom stereocenters. The van der Waals surface area contributed by atoms with Crippen molar-refractivity contribution in [3.05, 3.63) is 40.5 Å². The lowest BCUT2D eigenvalue weighted by Crippen LogP contribution is -2.14. The number of nitrogens with zero attached hydrogens (tertiary/aromatic N) is 3. The molecular formula is C20H19N5O3S. The number of carbonyl (C=O) groups excluding carboxylic acids is 1. The van der Waals surface area contributed by atoms with Gasteiger partial charge in [0.1, 0.15) is 0 Å². The molecular weight excluding hydrogens is 390 g/mol. The number of terminal acetylenes is 1. The lowest BCUT2D eigenvalue weighted by atomic mass is 10.3. The molecule has 0 saturated heterocycles. The topological polar surface area (TPSA) is 113 Å². The number of anilines is 2. The second-order valence-electron chi connectivity index (χ2n) is 6.56. The first-order valence-electron chi connectivity index (χ1n) is 9.19. The van der Waals surface area contributed by atoms with E-state index in [-0.39, 0.29) is 6.61 Å². The van der Waals surface area contributed by atoms with Crippen molar-refractivity contribution in [2.75, 3.05) is 11.9 Å². The first-order valence-corrected chi connectivity index (χ1v) is 10.0. The predicted molar refractivity (Wildman–Crippen MR) is 109 cm³/mol. The van der Waals surface area contributed by atoms with Crippen LogP contribution < -0.4 is 5.32 Å². The van der Waals surface area contributed by atoms with Crippen molar-refractivity contribution < 1.29 is 14.6 Å². The standard InChI is InChI=1S/C20H19N5O3S/c1-3-11-10-21-19(15-8-7-14(29-15)17(26)20(27)28-4-2)23-18(11)22-16-9-13(24-25-16)12-5-6-12/h1,7-10,12,17,26H,4-6H2,2H3,(H2,21,22,23,24,25). The van der Waals surface area contributed by atoms with Crippen molar-refractivity contribution in [2.45, 2.75) is 31.8 Å². The molecule has 0 aliphatic heterocycles. The van der Waals surface area contributed by atoms with E-state index in [2.05, 4.69) is 31.4 Å². The molecule has 3 aromatic rings. The van der Waals surface area contributed by atoms with Gasteiger partial charge in [-0.3, -0.25) is 5.10 Å². The highest BCUT2D eigenvalue weighted by Gasteiger charge is 2.26. The summed E-state index contributed by atoms with van der Waals surface area (Å²) in [7, 11) is 0. The Balaban J connectivity index is 1.57. The second-order valence-corrected chi connectivity index (χ2v) is 7.68. The minimum Gasteiger partial charge on any atom is -0.464 e. The van der Waals surface area contributed by atoms with Crippen LogP contribution in [0.15, 0.2) is 24.4 Å². The van der Waals surface area contributed by atoms with Gasteiger partial charge in [-0.15, -0.1) is 17.8 Å². The molecule has 3 heterocycles. The fourth-order valence-corrected chi connectivity index (χ4v) is 3.71. The van der Waals surface area contributed by atoms with Gasteiger partial charge in [-0.25, -0.2) is 14.8 Å². The first-order chi connectivity index (χ1) is 14.1. The van der Waals surface area contributed by atoms with Crippen LogP contribution in [0, 0.1) is 12.3 Å². The lowest BCUT2D eigenvalue weighted by Gasteiger charge is -2.07. The van der Waals surface area contributed by atoms with Crippen molar-refractivity contribution in [3.8, 4) is 23.0 Å². The zero-order valence-electron chi connectivity index (χ0n) is 15.7. The van der Waals surface area contributed by atoms with Crippen LogP contribution in [0.5, 0.6) is 0 Å². The second kappa shape index (κ2) is 8.03. The fourth-order valence-electron chi connectivity index (χ4n) is 2.78. The highest BCUT2D eigenvalue weighted by molar-refractivity contribution is 7.15. The van der Waals surface area contributed by atoms with Crippen molar-refractivity contribution >= 4 is 28.9 Å². The van der Waals surface area contributed by atoms with Gasteiger partial charge in [0.2, 0.25) is 0 Å². The number of ether oxygens (including phenoxy) is 1. The van der Waals surface area contributed by atoms with Gasteiger partial charge in [-0.1, -0.05) is 5.92 Å². The van der Waals surface area contributed by atoms with Crippen LogP contribution in [-0.2, 0) is 9.53 Å². The number of aliphatic hydroxyl groups is 1. The van der Waals surface area contributed by atoms with Gasteiger partial charge in [0.25, 0.3) is 0 Å². The Kier molecular flexibility index (Phi) is 5.29. The summed E-state index contributed by atoms with van der Waals surface area (Å²) in [5, 5.41) is 20.6. The van der Waals surface area contributed by atoms with Crippen LogP contribution in [0.25, 0.3) is 10.7 Å². The molecule has 3 aromatic heterocycles. The van der Waals surface area contributed by atoms with E-state index in [1.54, 1.807) is 25.3 Å². The Bertz CT molecular complexity index is 1080. The van der Waals surface area contributed by atoms with Crippen LogP contribution in [0.3, 0.4) is 0 Å². The third-order valence-corrected chi connectivity index (χ3v) is 5.57. The Morgan fingerprint density at radius 1 is 1.52 bits per heavy atom. The monoisotopic (exact) mass is 409 g/mol. The summed E-state index contributed by atoms with van der Waals surface area (Å²) in [6, 6.07) is 5.36. The van der Waals surface area contributed by atoms with Crippen LogP contribution in [0.2, 0.25) is 0 Å². The largest absolute Gasteiger partial charge is 0.464 e. The summed E-state index contributed by atoms with van der Waals surface area (Å²) in [5.41, 5.74) is 1.60. The number of aromatic nitrogens is 4. The Hall–Kier alpha value is -3.22. The van der Waals surface area contributed by atoms with E-state index in [0.717, 1.165) is 5.69 Å². The number of carbonyl (C=O) groups is 1. The molecule has 4 rings (SSSR count). The first kappa shape index (κ1) is 19.1. The predicted octanol–water partition coefficient (Wildman–Crippen LogP) is 3.13. The normalized spacial score (nSPS) is 14.2. The molecule has 1 aliphatic rings. The highest BCUT2D eigenvalue weighted by Crippen LogP contribution is 2.39. The molecule has 0 aromatic carbocycles. The maximum absolute atomic E-state index is 11.7.